The van der Waals surface area contributed by atoms with E-state index in [1.807, 2.05) is 0 Å². The summed E-state index contributed by atoms with van der Waals surface area (Å²) in [5.41, 5.74) is 0. The maximum absolute atomic E-state index is 2.55. The van der Waals surface area contributed by atoms with Gasteiger partial charge >= 0.3 is 0 Å². The predicted octanol–water partition coefficient (Wildman–Crippen LogP) is 9.46. The molecule has 0 rings (SSSR count). The quantitative estimate of drug-likeness (QED) is 0.133. The van der Waals surface area contributed by atoms with Crippen LogP contribution in [0.1, 0.15) is 150 Å². The van der Waals surface area contributed by atoms with Crippen LogP contribution >= 0.6 is 0 Å². The van der Waals surface area contributed by atoms with Crippen LogP contribution < -0.4 is 0 Å². The molecule has 0 aliphatic rings. The first kappa shape index (κ1) is 27.4. The van der Waals surface area contributed by atoms with Crippen molar-refractivity contribution in [2.24, 2.45) is 0 Å². The van der Waals surface area contributed by atoms with Crippen LogP contribution in [0.2, 0.25) is 0 Å². The Morgan fingerprint density at radius 3 is 1.04 bits per heavy atom. The van der Waals surface area contributed by atoms with Crippen LogP contribution in [0.5, 0.6) is 0 Å². The number of hydrogen-bond acceptors (Lipinski definition) is 0. The Balaban J connectivity index is 3.69. The van der Waals surface area contributed by atoms with E-state index in [4.69, 9.17) is 0 Å². The van der Waals surface area contributed by atoms with E-state index >= 15 is 0 Å². The van der Waals surface area contributed by atoms with Crippen molar-refractivity contribution in [1.82, 2.24) is 0 Å². The van der Waals surface area contributed by atoms with E-state index < -0.39 is 0 Å². The van der Waals surface area contributed by atoms with Crippen molar-refractivity contribution in [2.75, 3.05) is 5.75 Å². The normalized spacial score (nSPS) is 15.0. The van der Waals surface area contributed by atoms with Gasteiger partial charge in [-0.15, -0.1) is 0 Å². The molecular weight excluding hydrogens is 344 g/mol. The molecule has 2 atom stereocenters. The van der Waals surface area contributed by atoms with Gasteiger partial charge in [0.05, 0.1) is 0 Å². The van der Waals surface area contributed by atoms with Crippen LogP contribution in [0.25, 0.3) is 0 Å². The van der Waals surface area contributed by atoms with Crippen molar-refractivity contribution in [1.29, 1.82) is 0 Å². The molecule has 0 saturated heterocycles. The molecule has 0 aliphatic carbocycles. The van der Waals surface area contributed by atoms with Crippen LogP contribution in [-0.2, 0) is 10.9 Å². The first-order valence-corrected chi connectivity index (χ1v) is 14.4. The fourth-order valence-electron chi connectivity index (χ4n) is 4.40. The molecule has 0 aromatic carbocycles. The van der Waals surface area contributed by atoms with E-state index in [-0.39, 0.29) is 0 Å². The third-order valence-electron chi connectivity index (χ3n) is 6.30. The van der Waals surface area contributed by atoms with Gasteiger partial charge in [-0.2, -0.15) is 0 Å². The van der Waals surface area contributed by atoms with Crippen molar-refractivity contribution in [3.05, 3.63) is 0 Å². The third kappa shape index (κ3) is 17.0. The van der Waals surface area contributed by atoms with Gasteiger partial charge in [-0.05, 0) is 57.3 Å². The predicted molar refractivity (Wildman–Crippen MR) is 131 cm³/mol. The summed E-state index contributed by atoms with van der Waals surface area (Å²) in [7, 11) is 0.656. The van der Waals surface area contributed by atoms with Gasteiger partial charge in [0, 0.05) is 0 Å². The van der Waals surface area contributed by atoms with E-state index in [1.54, 1.807) is 0 Å². The summed E-state index contributed by atoms with van der Waals surface area (Å²) in [6.07, 6.45) is 26.2. The highest BCUT2D eigenvalue weighted by Gasteiger charge is 2.30. The van der Waals surface area contributed by atoms with E-state index in [1.165, 1.54) is 121 Å². The van der Waals surface area contributed by atoms with Gasteiger partial charge in [-0.25, -0.2) is 0 Å². The molecule has 0 aromatic rings. The largest absolute Gasteiger partial charge is 0.115 e. The maximum atomic E-state index is 2.55. The Kier molecular flexibility index (Phi) is 21.3. The van der Waals surface area contributed by atoms with E-state index in [2.05, 4.69) is 34.6 Å². The van der Waals surface area contributed by atoms with E-state index in [0.29, 0.717) is 10.9 Å². The molecule has 0 spiro atoms. The molecule has 0 saturated carbocycles. The number of unbranched alkanes of at least 4 members (excludes halogenated alkanes) is 14. The monoisotopic (exact) mass is 399 g/mol. The summed E-state index contributed by atoms with van der Waals surface area (Å²) in [4.78, 5) is 0. The fourth-order valence-corrected chi connectivity index (χ4v) is 7.27. The highest BCUT2D eigenvalue weighted by Crippen LogP contribution is 2.23. The SMILES string of the molecule is CCCCCCCCCCC(C)[S+](CC)C(C)CCCCCCCCCC. The molecule has 164 valence electrons. The second kappa shape index (κ2) is 21.1. The molecule has 27 heavy (non-hydrogen) atoms. The molecule has 0 aromatic heterocycles. The first-order chi connectivity index (χ1) is 13.2. The average Bonchev–Trinajstić information content (AvgIpc) is 2.66. The summed E-state index contributed by atoms with van der Waals surface area (Å²) in [6, 6.07) is 0. The topological polar surface area (TPSA) is 0 Å². The second-order valence-electron chi connectivity index (χ2n) is 8.91. The smallest absolute Gasteiger partial charge is 0.0654 e. The number of hydrogen-bond donors (Lipinski definition) is 0. The molecule has 1 heteroatoms. The van der Waals surface area contributed by atoms with Crippen molar-refractivity contribution < 1.29 is 0 Å². The van der Waals surface area contributed by atoms with Crippen molar-refractivity contribution >= 4 is 10.9 Å². The summed E-state index contributed by atoms with van der Waals surface area (Å²) in [6.45, 7) is 12.2. The summed E-state index contributed by atoms with van der Waals surface area (Å²) in [5, 5.41) is 1.92. The summed E-state index contributed by atoms with van der Waals surface area (Å²) in [5.74, 6) is 1.41. The highest BCUT2D eigenvalue weighted by atomic mass is 32.2. The molecule has 0 fully saturated rings. The Hall–Kier alpha value is 0.350. The van der Waals surface area contributed by atoms with Crippen LogP contribution in [0, 0.1) is 0 Å². The maximum Gasteiger partial charge on any atom is 0.115 e. The lowest BCUT2D eigenvalue weighted by molar-refractivity contribution is 0.559. The zero-order valence-electron chi connectivity index (χ0n) is 20.0. The highest BCUT2D eigenvalue weighted by molar-refractivity contribution is 7.97. The van der Waals surface area contributed by atoms with Gasteiger partial charge in [0.1, 0.15) is 16.3 Å². The van der Waals surface area contributed by atoms with Crippen LogP contribution in [0.15, 0.2) is 0 Å². The molecule has 0 amide bonds. The molecule has 0 nitrogen and oxygen atoms in total. The Morgan fingerprint density at radius 1 is 0.444 bits per heavy atom. The Morgan fingerprint density at radius 2 is 0.741 bits per heavy atom. The van der Waals surface area contributed by atoms with Crippen molar-refractivity contribution in [3.63, 3.8) is 0 Å². The fraction of sp³-hybridized carbons (Fsp3) is 1.00. The van der Waals surface area contributed by atoms with E-state index in [9.17, 15) is 0 Å². The minimum atomic E-state index is 0.656. The third-order valence-corrected chi connectivity index (χ3v) is 9.50. The molecular formula is C26H55S+. The van der Waals surface area contributed by atoms with Gasteiger partial charge in [-0.3, -0.25) is 0 Å². The van der Waals surface area contributed by atoms with Gasteiger partial charge in [0.15, 0.2) is 0 Å². The zero-order valence-corrected chi connectivity index (χ0v) is 20.8. The van der Waals surface area contributed by atoms with Crippen molar-refractivity contribution in [2.45, 2.75) is 161 Å². The Bertz CT molecular complexity index is 249. The van der Waals surface area contributed by atoms with Gasteiger partial charge in [-0.1, -0.05) is 104 Å². The van der Waals surface area contributed by atoms with Gasteiger partial charge in [0.25, 0.3) is 0 Å². The summed E-state index contributed by atoms with van der Waals surface area (Å²) >= 11 is 0. The van der Waals surface area contributed by atoms with Crippen molar-refractivity contribution in [3.8, 4) is 0 Å². The average molecular weight is 400 g/mol. The van der Waals surface area contributed by atoms with E-state index in [0.717, 1.165) is 10.5 Å². The number of rotatable bonds is 21. The molecule has 0 aliphatic heterocycles. The standard InChI is InChI=1S/C26H55S/c1-6-9-11-13-15-17-19-21-23-25(4)27(8-3)26(5)24-22-20-18-16-14-12-10-7-2/h25-26H,6-24H2,1-5H3/q+1. The van der Waals surface area contributed by atoms with Gasteiger partial charge in [0.2, 0.25) is 0 Å². The van der Waals surface area contributed by atoms with Crippen LogP contribution in [-0.4, -0.2) is 16.3 Å². The van der Waals surface area contributed by atoms with Gasteiger partial charge < -0.3 is 0 Å². The minimum Gasteiger partial charge on any atom is -0.0654 e. The second-order valence-corrected chi connectivity index (χ2v) is 12.0. The molecule has 2 unspecified atom stereocenters. The van der Waals surface area contributed by atoms with Crippen LogP contribution in [0.4, 0.5) is 0 Å². The lowest BCUT2D eigenvalue weighted by Gasteiger charge is -2.20. The summed E-state index contributed by atoms with van der Waals surface area (Å²) < 4.78 is 0. The first-order valence-electron chi connectivity index (χ1n) is 12.9. The Labute approximate surface area is 177 Å². The molecule has 0 heterocycles. The lowest BCUT2D eigenvalue weighted by atomic mass is 10.1. The minimum absolute atomic E-state index is 0.656. The van der Waals surface area contributed by atoms with Crippen LogP contribution in [0.3, 0.4) is 0 Å². The molecule has 0 radical (unpaired) electrons. The molecule has 0 N–H and O–H groups in total. The lowest BCUT2D eigenvalue weighted by Crippen LogP contribution is -2.30. The zero-order chi connectivity index (χ0) is 20.2. The molecule has 0 bridgehead atoms.